The molecule has 0 saturated heterocycles. The minimum Gasteiger partial charge on any atom is -0.390 e. The van der Waals surface area contributed by atoms with Crippen LogP contribution in [-0.2, 0) is 4.79 Å². The van der Waals surface area contributed by atoms with Crippen LogP contribution in [0.2, 0.25) is 0 Å². The van der Waals surface area contributed by atoms with Crippen LogP contribution in [0.15, 0.2) is 0 Å². The van der Waals surface area contributed by atoms with Gasteiger partial charge in [0.25, 0.3) is 0 Å². The molecule has 0 heterocycles. The van der Waals surface area contributed by atoms with Gasteiger partial charge in [-0.15, -0.1) is 0 Å². The summed E-state index contributed by atoms with van der Waals surface area (Å²) in [6, 6.07) is 0. The van der Waals surface area contributed by atoms with Crippen molar-refractivity contribution < 1.29 is 9.90 Å². The van der Waals surface area contributed by atoms with E-state index in [1.807, 2.05) is 13.8 Å². The molecule has 0 bridgehead atoms. The van der Waals surface area contributed by atoms with E-state index < -0.39 is 5.60 Å². The number of carbonyl (C=O) groups excluding carboxylic acids is 1. The molecule has 3 heteroatoms. The predicted octanol–water partition coefficient (Wildman–Crippen LogP) is 1.05. The summed E-state index contributed by atoms with van der Waals surface area (Å²) in [6.45, 7) is 3.67. The van der Waals surface area contributed by atoms with Crippen molar-refractivity contribution in [3.05, 3.63) is 0 Å². The van der Waals surface area contributed by atoms with Crippen LogP contribution in [-0.4, -0.2) is 16.6 Å². The molecular weight excluding hydrogens is 166 g/mol. The second-order valence-electron chi connectivity index (χ2n) is 4.60. The number of nitrogens with two attached hydrogens (primary N) is 1. The van der Waals surface area contributed by atoms with Gasteiger partial charge in [-0.3, -0.25) is 4.79 Å². The van der Waals surface area contributed by atoms with Crippen LogP contribution in [0.4, 0.5) is 0 Å². The van der Waals surface area contributed by atoms with Gasteiger partial charge >= 0.3 is 0 Å². The van der Waals surface area contributed by atoms with Crippen LogP contribution in [0.25, 0.3) is 0 Å². The van der Waals surface area contributed by atoms with E-state index in [-0.39, 0.29) is 11.8 Å². The average molecular weight is 185 g/mol. The van der Waals surface area contributed by atoms with Crippen LogP contribution in [0.1, 0.15) is 39.5 Å². The Morgan fingerprint density at radius 3 is 2.08 bits per heavy atom. The zero-order valence-corrected chi connectivity index (χ0v) is 8.42. The SMILES string of the molecule is CC(C)(O)[C@H]1CC[C@H](C(N)=O)CC1. The Balaban J connectivity index is 2.44. The Hall–Kier alpha value is -0.570. The lowest BCUT2D eigenvalue weighted by Gasteiger charge is -2.34. The van der Waals surface area contributed by atoms with Gasteiger partial charge in [-0.1, -0.05) is 0 Å². The monoisotopic (exact) mass is 185 g/mol. The maximum absolute atomic E-state index is 10.9. The lowest BCUT2D eigenvalue weighted by molar-refractivity contribution is -0.123. The molecule has 0 aromatic rings. The predicted molar refractivity (Wildman–Crippen MR) is 50.9 cm³/mol. The van der Waals surface area contributed by atoms with Crippen LogP contribution in [0.3, 0.4) is 0 Å². The number of aliphatic hydroxyl groups is 1. The molecule has 0 aromatic carbocycles. The third-order valence-corrected chi connectivity index (χ3v) is 3.13. The maximum Gasteiger partial charge on any atom is 0.220 e. The molecule has 0 spiro atoms. The van der Waals surface area contributed by atoms with Gasteiger partial charge in [0.15, 0.2) is 0 Å². The van der Waals surface area contributed by atoms with Gasteiger partial charge in [-0.05, 0) is 45.4 Å². The van der Waals surface area contributed by atoms with E-state index in [1.165, 1.54) is 0 Å². The van der Waals surface area contributed by atoms with Crippen molar-refractivity contribution in [2.45, 2.75) is 45.1 Å². The number of amides is 1. The highest BCUT2D eigenvalue weighted by Crippen LogP contribution is 2.34. The second-order valence-corrected chi connectivity index (χ2v) is 4.60. The van der Waals surface area contributed by atoms with Gasteiger partial charge in [-0.2, -0.15) is 0 Å². The first-order chi connectivity index (χ1) is 5.91. The highest BCUT2D eigenvalue weighted by molar-refractivity contribution is 5.76. The summed E-state index contributed by atoms with van der Waals surface area (Å²) in [4.78, 5) is 10.9. The fraction of sp³-hybridized carbons (Fsp3) is 0.900. The van der Waals surface area contributed by atoms with Crippen molar-refractivity contribution in [2.24, 2.45) is 17.6 Å². The fourth-order valence-electron chi connectivity index (χ4n) is 2.08. The molecule has 13 heavy (non-hydrogen) atoms. The van der Waals surface area contributed by atoms with Crippen molar-refractivity contribution in [3.63, 3.8) is 0 Å². The molecule has 0 unspecified atom stereocenters. The number of hydrogen-bond donors (Lipinski definition) is 2. The Morgan fingerprint density at radius 2 is 1.77 bits per heavy atom. The van der Waals surface area contributed by atoms with Crippen molar-refractivity contribution in [2.75, 3.05) is 0 Å². The fourth-order valence-corrected chi connectivity index (χ4v) is 2.08. The molecule has 1 amide bonds. The van der Waals surface area contributed by atoms with Gasteiger partial charge < -0.3 is 10.8 Å². The minimum atomic E-state index is -0.609. The molecule has 0 atom stereocenters. The molecule has 1 fully saturated rings. The number of primary amides is 1. The van der Waals surface area contributed by atoms with E-state index in [0.717, 1.165) is 25.7 Å². The van der Waals surface area contributed by atoms with Crippen molar-refractivity contribution in [1.29, 1.82) is 0 Å². The summed E-state index contributed by atoms with van der Waals surface area (Å²) in [6.07, 6.45) is 3.50. The van der Waals surface area contributed by atoms with Crippen LogP contribution in [0, 0.1) is 11.8 Å². The first-order valence-corrected chi connectivity index (χ1v) is 4.93. The molecule has 0 aliphatic heterocycles. The van der Waals surface area contributed by atoms with Gasteiger partial charge in [0, 0.05) is 5.92 Å². The largest absolute Gasteiger partial charge is 0.390 e. The van der Waals surface area contributed by atoms with Crippen LogP contribution in [0.5, 0.6) is 0 Å². The third kappa shape index (κ3) is 2.69. The maximum atomic E-state index is 10.9. The molecule has 0 radical (unpaired) electrons. The van der Waals surface area contributed by atoms with E-state index in [0.29, 0.717) is 5.92 Å². The van der Waals surface area contributed by atoms with Crippen molar-refractivity contribution in [3.8, 4) is 0 Å². The topological polar surface area (TPSA) is 63.3 Å². The van der Waals surface area contributed by atoms with Crippen molar-refractivity contribution in [1.82, 2.24) is 0 Å². The van der Waals surface area contributed by atoms with E-state index in [4.69, 9.17) is 5.73 Å². The molecule has 1 rings (SSSR count). The summed E-state index contributed by atoms with van der Waals surface area (Å²) in [5.41, 5.74) is 4.61. The normalized spacial score (nSPS) is 30.1. The number of carbonyl (C=O) groups is 1. The summed E-state index contributed by atoms with van der Waals surface area (Å²) in [5.74, 6) is 0.177. The Morgan fingerprint density at radius 1 is 1.31 bits per heavy atom. The molecule has 1 saturated carbocycles. The summed E-state index contributed by atoms with van der Waals surface area (Å²) < 4.78 is 0. The standard InChI is InChI=1S/C10H19NO2/c1-10(2,13)8-5-3-7(4-6-8)9(11)12/h7-8,13H,3-6H2,1-2H3,(H2,11,12)/t7-,8-. The van der Waals surface area contributed by atoms with Gasteiger partial charge in [0.05, 0.1) is 5.60 Å². The Labute approximate surface area is 79.3 Å². The average Bonchev–Trinajstić information content (AvgIpc) is 2.03. The highest BCUT2D eigenvalue weighted by Gasteiger charge is 2.32. The number of rotatable bonds is 2. The minimum absolute atomic E-state index is 0.0404. The second kappa shape index (κ2) is 3.66. The lowest BCUT2D eigenvalue weighted by atomic mass is 9.75. The quantitative estimate of drug-likeness (QED) is 0.675. The summed E-state index contributed by atoms with van der Waals surface area (Å²) in [5, 5.41) is 9.75. The molecule has 0 aromatic heterocycles. The van der Waals surface area contributed by atoms with Gasteiger partial charge in [-0.25, -0.2) is 0 Å². The van der Waals surface area contributed by atoms with E-state index >= 15 is 0 Å². The van der Waals surface area contributed by atoms with Crippen molar-refractivity contribution >= 4 is 5.91 Å². The highest BCUT2D eigenvalue weighted by atomic mass is 16.3. The Kier molecular flexibility index (Phi) is 2.96. The lowest BCUT2D eigenvalue weighted by Crippen LogP contribution is -2.36. The molecular formula is C10H19NO2. The van der Waals surface area contributed by atoms with E-state index in [9.17, 15) is 9.90 Å². The Bertz CT molecular complexity index is 188. The molecule has 1 aliphatic carbocycles. The zero-order chi connectivity index (χ0) is 10.1. The van der Waals surface area contributed by atoms with Gasteiger partial charge in [0.1, 0.15) is 0 Å². The molecule has 1 aliphatic rings. The summed E-state index contributed by atoms with van der Waals surface area (Å²) >= 11 is 0. The van der Waals surface area contributed by atoms with E-state index in [2.05, 4.69) is 0 Å². The first kappa shape index (κ1) is 10.5. The number of hydrogen-bond acceptors (Lipinski definition) is 2. The molecule has 3 nitrogen and oxygen atoms in total. The third-order valence-electron chi connectivity index (χ3n) is 3.13. The first-order valence-electron chi connectivity index (χ1n) is 4.93. The molecule has 3 N–H and O–H groups in total. The van der Waals surface area contributed by atoms with Gasteiger partial charge in [0.2, 0.25) is 5.91 Å². The summed E-state index contributed by atoms with van der Waals surface area (Å²) in [7, 11) is 0. The zero-order valence-electron chi connectivity index (χ0n) is 8.42. The van der Waals surface area contributed by atoms with E-state index in [1.54, 1.807) is 0 Å². The van der Waals surface area contributed by atoms with Crippen LogP contribution < -0.4 is 5.73 Å². The molecule has 76 valence electrons. The van der Waals surface area contributed by atoms with Crippen LogP contribution >= 0.6 is 0 Å². The smallest absolute Gasteiger partial charge is 0.220 e.